The fourth-order valence-corrected chi connectivity index (χ4v) is 2.26. The zero-order chi connectivity index (χ0) is 9.38. The summed E-state index contributed by atoms with van der Waals surface area (Å²) in [6.07, 6.45) is 8.99. The van der Waals surface area contributed by atoms with Crippen molar-refractivity contribution in [2.45, 2.75) is 56.8 Å². The van der Waals surface area contributed by atoms with Gasteiger partial charge >= 0.3 is 0 Å². The summed E-state index contributed by atoms with van der Waals surface area (Å²) in [5, 5.41) is 8.32. The van der Waals surface area contributed by atoms with E-state index in [1.165, 1.54) is 44.9 Å². The summed E-state index contributed by atoms with van der Waals surface area (Å²) >= 11 is 0. The van der Waals surface area contributed by atoms with Crippen molar-refractivity contribution in [1.82, 2.24) is 10.2 Å². The molecule has 0 N–H and O–H groups in total. The Balaban J connectivity index is 1.74. The molecule has 1 aromatic rings. The molecule has 0 aromatic carbocycles. The Morgan fingerprint density at radius 3 is 1.93 bits per heavy atom. The highest BCUT2D eigenvalue weighted by molar-refractivity contribution is 5.02. The fourth-order valence-electron chi connectivity index (χ4n) is 2.26. The molecule has 3 rings (SSSR count). The van der Waals surface area contributed by atoms with E-state index in [0.29, 0.717) is 11.8 Å². The average Bonchev–Trinajstić information content (AvgIpc) is 2.98. The van der Waals surface area contributed by atoms with Crippen LogP contribution in [0.3, 0.4) is 0 Å². The molecule has 0 saturated heterocycles. The van der Waals surface area contributed by atoms with Crippen LogP contribution in [0.5, 0.6) is 0 Å². The Morgan fingerprint density at radius 1 is 0.786 bits per heavy atom. The van der Waals surface area contributed by atoms with Gasteiger partial charge in [0.2, 0.25) is 11.8 Å². The molecule has 0 bridgehead atoms. The number of aromatic nitrogens is 2. The number of nitrogens with zero attached hydrogens (tertiary/aromatic N) is 2. The number of hydrogen-bond donors (Lipinski definition) is 0. The first-order chi connectivity index (χ1) is 6.93. The van der Waals surface area contributed by atoms with Crippen LogP contribution >= 0.6 is 0 Å². The van der Waals surface area contributed by atoms with Gasteiger partial charge in [-0.3, -0.25) is 0 Å². The quantitative estimate of drug-likeness (QED) is 0.723. The van der Waals surface area contributed by atoms with E-state index in [0.717, 1.165) is 11.8 Å². The molecule has 14 heavy (non-hydrogen) atoms. The van der Waals surface area contributed by atoms with Gasteiger partial charge in [0, 0.05) is 11.8 Å². The normalized spacial score (nSPS) is 24.0. The zero-order valence-electron chi connectivity index (χ0n) is 8.41. The van der Waals surface area contributed by atoms with Gasteiger partial charge in [-0.25, -0.2) is 0 Å². The third-order valence-corrected chi connectivity index (χ3v) is 3.34. The fraction of sp³-hybridized carbons (Fsp3) is 0.818. The molecule has 3 nitrogen and oxygen atoms in total. The summed E-state index contributed by atoms with van der Waals surface area (Å²) in [6, 6.07) is 0. The molecule has 0 atom stereocenters. The van der Waals surface area contributed by atoms with Gasteiger partial charge in [-0.05, 0) is 25.7 Å². The highest BCUT2D eigenvalue weighted by atomic mass is 16.4. The lowest BCUT2D eigenvalue weighted by atomic mass is 9.89. The van der Waals surface area contributed by atoms with Gasteiger partial charge in [-0.15, -0.1) is 10.2 Å². The summed E-state index contributed by atoms with van der Waals surface area (Å²) in [7, 11) is 0. The Bertz CT molecular complexity index is 311. The van der Waals surface area contributed by atoms with E-state index >= 15 is 0 Å². The minimum absolute atomic E-state index is 0.559. The monoisotopic (exact) mass is 192 g/mol. The summed E-state index contributed by atoms with van der Waals surface area (Å²) in [4.78, 5) is 0. The molecule has 0 aliphatic heterocycles. The van der Waals surface area contributed by atoms with Crippen LogP contribution < -0.4 is 0 Å². The van der Waals surface area contributed by atoms with Gasteiger partial charge in [0.25, 0.3) is 0 Å². The summed E-state index contributed by atoms with van der Waals surface area (Å²) in [5.41, 5.74) is 0. The summed E-state index contributed by atoms with van der Waals surface area (Å²) in [5.74, 6) is 2.96. The minimum atomic E-state index is 0.559. The maximum absolute atomic E-state index is 5.72. The molecule has 0 amide bonds. The van der Waals surface area contributed by atoms with Crippen LogP contribution in [0.15, 0.2) is 4.42 Å². The lowest BCUT2D eigenvalue weighted by molar-refractivity contribution is 0.351. The van der Waals surface area contributed by atoms with Crippen molar-refractivity contribution in [3.8, 4) is 0 Å². The van der Waals surface area contributed by atoms with E-state index < -0.39 is 0 Å². The molecular weight excluding hydrogens is 176 g/mol. The van der Waals surface area contributed by atoms with Gasteiger partial charge in [-0.2, -0.15) is 0 Å². The van der Waals surface area contributed by atoms with Crippen LogP contribution in [-0.4, -0.2) is 10.2 Å². The zero-order valence-corrected chi connectivity index (χ0v) is 8.41. The topological polar surface area (TPSA) is 38.9 Å². The van der Waals surface area contributed by atoms with Crippen LogP contribution in [-0.2, 0) is 0 Å². The Hall–Kier alpha value is -0.860. The highest BCUT2D eigenvalue weighted by Crippen LogP contribution is 2.40. The first-order valence-electron chi connectivity index (χ1n) is 5.77. The van der Waals surface area contributed by atoms with Crippen molar-refractivity contribution in [2.24, 2.45) is 0 Å². The van der Waals surface area contributed by atoms with Gasteiger partial charge in [0.05, 0.1) is 0 Å². The Labute approximate surface area is 83.9 Å². The Morgan fingerprint density at radius 2 is 1.36 bits per heavy atom. The van der Waals surface area contributed by atoms with E-state index in [1.807, 2.05) is 0 Å². The Kier molecular flexibility index (Phi) is 2.03. The van der Waals surface area contributed by atoms with Crippen molar-refractivity contribution in [1.29, 1.82) is 0 Å². The lowest BCUT2D eigenvalue weighted by Gasteiger charge is -2.17. The molecule has 0 unspecified atom stereocenters. The van der Waals surface area contributed by atoms with Crippen LogP contribution in [0.4, 0.5) is 0 Å². The molecule has 2 saturated carbocycles. The molecule has 2 fully saturated rings. The first kappa shape index (κ1) is 8.45. The van der Waals surface area contributed by atoms with Crippen molar-refractivity contribution in [3.05, 3.63) is 11.8 Å². The van der Waals surface area contributed by atoms with E-state index in [9.17, 15) is 0 Å². The standard InChI is InChI=1S/C11H16N2O/c1-2-4-8(5-3-1)10-12-13-11(14-10)9-6-7-9/h8-9H,1-7H2. The molecule has 0 radical (unpaired) electrons. The molecule has 2 aliphatic carbocycles. The van der Waals surface area contributed by atoms with Gasteiger partial charge in [-0.1, -0.05) is 19.3 Å². The highest BCUT2D eigenvalue weighted by Gasteiger charge is 2.30. The van der Waals surface area contributed by atoms with Gasteiger partial charge in [0.1, 0.15) is 0 Å². The largest absolute Gasteiger partial charge is 0.425 e. The second-order valence-electron chi connectivity index (χ2n) is 4.59. The maximum Gasteiger partial charge on any atom is 0.219 e. The number of hydrogen-bond acceptors (Lipinski definition) is 3. The van der Waals surface area contributed by atoms with Gasteiger partial charge < -0.3 is 4.42 Å². The van der Waals surface area contributed by atoms with Gasteiger partial charge in [0.15, 0.2) is 0 Å². The van der Waals surface area contributed by atoms with Crippen molar-refractivity contribution >= 4 is 0 Å². The van der Waals surface area contributed by atoms with Crippen LogP contribution in [0, 0.1) is 0 Å². The van der Waals surface area contributed by atoms with E-state index in [-0.39, 0.29) is 0 Å². The molecule has 1 aromatic heterocycles. The third kappa shape index (κ3) is 1.56. The molecule has 3 heteroatoms. The van der Waals surface area contributed by atoms with E-state index in [4.69, 9.17) is 4.42 Å². The second-order valence-corrected chi connectivity index (χ2v) is 4.59. The molecule has 2 aliphatic rings. The summed E-state index contributed by atoms with van der Waals surface area (Å²) in [6.45, 7) is 0. The lowest BCUT2D eigenvalue weighted by Crippen LogP contribution is -2.04. The molecule has 1 heterocycles. The SMILES string of the molecule is C1CCC(c2nnc(C3CC3)o2)CC1. The first-order valence-corrected chi connectivity index (χ1v) is 5.77. The molecule has 76 valence electrons. The number of rotatable bonds is 2. The second kappa shape index (κ2) is 3.37. The van der Waals surface area contributed by atoms with Crippen LogP contribution in [0.1, 0.15) is 68.6 Å². The van der Waals surface area contributed by atoms with Crippen LogP contribution in [0.2, 0.25) is 0 Å². The summed E-state index contributed by atoms with van der Waals surface area (Å²) < 4.78 is 5.72. The smallest absolute Gasteiger partial charge is 0.219 e. The maximum atomic E-state index is 5.72. The van der Waals surface area contributed by atoms with Crippen molar-refractivity contribution < 1.29 is 4.42 Å². The molecule has 0 spiro atoms. The van der Waals surface area contributed by atoms with E-state index in [1.54, 1.807) is 0 Å². The predicted molar refractivity (Wildman–Crippen MR) is 52.1 cm³/mol. The van der Waals surface area contributed by atoms with Crippen molar-refractivity contribution in [3.63, 3.8) is 0 Å². The molecular formula is C11H16N2O. The predicted octanol–water partition coefficient (Wildman–Crippen LogP) is 2.99. The third-order valence-electron chi connectivity index (χ3n) is 3.34. The minimum Gasteiger partial charge on any atom is -0.425 e. The average molecular weight is 192 g/mol. The van der Waals surface area contributed by atoms with Crippen LogP contribution in [0.25, 0.3) is 0 Å². The van der Waals surface area contributed by atoms with E-state index in [2.05, 4.69) is 10.2 Å². The van der Waals surface area contributed by atoms with Crippen molar-refractivity contribution in [2.75, 3.05) is 0 Å².